The first-order chi connectivity index (χ1) is 8.08. The maximum absolute atomic E-state index is 10.8. The molecule has 0 aliphatic carbocycles. The van der Waals surface area contributed by atoms with Gasteiger partial charge in [0.1, 0.15) is 0 Å². The SMILES string of the molecule is CC(=O)NC(C)C=C(C)C#Cc1ccccc1. The molecule has 1 aromatic rings. The van der Waals surface area contributed by atoms with E-state index in [1.807, 2.05) is 50.3 Å². The molecule has 1 amide bonds. The van der Waals surface area contributed by atoms with E-state index in [-0.39, 0.29) is 11.9 Å². The molecule has 0 heterocycles. The third-order valence-corrected chi connectivity index (χ3v) is 2.11. The smallest absolute Gasteiger partial charge is 0.217 e. The maximum Gasteiger partial charge on any atom is 0.217 e. The van der Waals surface area contributed by atoms with Gasteiger partial charge in [0, 0.05) is 18.5 Å². The van der Waals surface area contributed by atoms with Crippen molar-refractivity contribution in [1.29, 1.82) is 0 Å². The lowest BCUT2D eigenvalue weighted by Crippen LogP contribution is -2.28. The lowest BCUT2D eigenvalue weighted by Gasteiger charge is -2.06. The molecule has 0 saturated carbocycles. The van der Waals surface area contributed by atoms with Gasteiger partial charge in [0.25, 0.3) is 0 Å². The van der Waals surface area contributed by atoms with Crippen LogP contribution in [0.15, 0.2) is 42.0 Å². The van der Waals surface area contributed by atoms with Crippen molar-refractivity contribution in [3.8, 4) is 11.8 Å². The summed E-state index contributed by atoms with van der Waals surface area (Å²) in [7, 11) is 0. The van der Waals surface area contributed by atoms with Gasteiger partial charge in [0.2, 0.25) is 5.91 Å². The Bertz CT molecular complexity index is 463. The zero-order valence-corrected chi connectivity index (χ0v) is 10.4. The molecule has 0 spiro atoms. The molecule has 0 fully saturated rings. The minimum atomic E-state index is -0.0300. The van der Waals surface area contributed by atoms with E-state index >= 15 is 0 Å². The van der Waals surface area contributed by atoms with Gasteiger partial charge in [-0.2, -0.15) is 0 Å². The number of carbonyl (C=O) groups is 1. The predicted octanol–water partition coefficient (Wildman–Crippen LogP) is 2.51. The molecule has 0 bridgehead atoms. The highest BCUT2D eigenvalue weighted by Crippen LogP contribution is 1.98. The first-order valence-corrected chi connectivity index (χ1v) is 5.60. The van der Waals surface area contributed by atoms with Gasteiger partial charge in [-0.3, -0.25) is 4.79 Å². The van der Waals surface area contributed by atoms with Gasteiger partial charge < -0.3 is 5.32 Å². The van der Waals surface area contributed by atoms with Crippen LogP contribution in [0.5, 0.6) is 0 Å². The Labute approximate surface area is 103 Å². The van der Waals surface area contributed by atoms with Crippen molar-refractivity contribution in [3.05, 3.63) is 47.5 Å². The summed E-state index contributed by atoms with van der Waals surface area (Å²) in [5.74, 6) is 6.10. The van der Waals surface area contributed by atoms with E-state index < -0.39 is 0 Å². The zero-order chi connectivity index (χ0) is 12.7. The molecule has 0 saturated heterocycles. The van der Waals surface area contributed by atoms with Gasteiger partial charge in [-0.05, 0) is 31.6 Å². The molecule has 0 aromatic heterocycles. The van der Waals surface area contributed by atoms with Crippen LogP contribution in [-0.4, -0.2) is 11.9 Å². The van der Waals surface area contributed by atoms with Crippen LogP contribution in [0.4, 0.5) is 0 Å². The fraction of sp³-hybridized carbons (Fsp3) is 0.267. The van der Waals surface area contributed by atoms with Crippen molar-refractivity contribution in [3.63, 3.8) is 0 Å². The van der Waals surface area contributed by atoms with E-state index in [0.717, 1.165) is 11.1 Å². The summed E-state index contributed by atoms with van der Waals surface area (Å²) in [6.45, 7) is 5.37. The standard InChI is InChI=1S/C15H17NO/c1-12(11-13(2)16-14(3)17)9-10-15-7-5-4-6-8-15/h4-8,11,13H,1-3H3,(H,16,17). The van der Waals surface area contributed by atoms with Crippen LogP contribution < -0.4 is 5.32 Å². The number of rotatable bonds is 2. The van der Waals surface area contributed by atoms with Crippen LogP contribution in [0, 0.1) is 11.8 Å². The van der Waals surface area contributed by atoms with E-state index in [4.69, 9.17) is 0 Å². The monoisotopic (exact) mass is 227 g/mol. The molecule has 1 N–H and O–H groups in total. The molecule has 17 heavy (non-hydrogen) atoms. The molecule has 2 nitrogen and oxygen atoms in total. The molecule has 88 valence electrons. The molecule has 1 unspecified atom stereocenters. The van der Waals surface area contributed by atoms with Crippen molar-refractivity contribution in [2.75, 3.05) is 0 Å². The van der Waals surface area contributed by atoms with Crippen LogP contribution in [0.3, 0.4) is 0 Å². The Morgan fingerprint density at radius 3 is 2.53 bits per heavy atom. The van der Waals surface area contributed by atoms with Crippen LogP contribution in [0.25, 0.3) is 0 Å². The summed E-state index contributed by atoms with van der Waals surface area (Å²) in [5, 5.41) is 2.79. The van der Waals surface area contributed by atoms with Gasteiger partial charge in [-0.1, -0.05) is 36.1 Å². The van der Waals surface area contributed by atoms with Crippen molar-refractivity contribution >= 4 is 5.91 Å². The molecular formula is C15H17NO. The van der Waals surface area contributed by atoms with Crippen molar-refractivity contribution in [2.45, 2.75) is 26.8 Å². The third-order valence-electron chi connectivity index (χ3n) is 2.11. The van der Waals surface area contributed by atoms with E-state index in [2.05, 4.69) is 17.2 Å². The average molecular weight is 227 g/mol. The highest BCUT2D eigenvalue weighted by molar-refractivity contribution is 5.73. The number of amides is 1. The van der Waals surface area contributed by atoms with Gasteiger partial charge in [-0.15, -0.1) is 0 Å². The Balaban J connectivity index is 2.66. The van der Waals surface area contributed by atoms with Gasteiger partial charge >= 0.3 is 0 Å². The highest BCUT2D eigenvalue weighted by atomic mass is 16.1. The summed E-state index contributed by atoms with van der Waals surface area (Å²) in [6.07, 6.45) is 1.94. The second-order valence-corrected chi connectivity index (χ2v) is 3.95. The molecule has 2 heteroatoms. The lowest BCUT2D eigenvalue weighted by atomic mass is 10.1. The Morgan fingerprint density at radius 2 is 1.94 bits per heavy atom. The van der Waals surface area contributed by atoms with Crippen molar-refractivity contribution in [2.24, 2.45) is 0 Å². The van der Waals surface area contributed by atoms with Crippen LogP contribution in [-0.2, 0) is 4.79 Å². The summed E-state index contributed by atoms with van der Waals surface area (Å²) in [4.78, 5) is 10.8. The number of hydrogen-bond acceptors (Lipinski definition) is 1. The van der Waals surface area contributed by atoms with Crippen LogP contribution in [0.1, 0.15) is 26.3 Å². The number of benzene rings is 1. The molecule has 1 rings (SSSR count). The quantitative estimate of drug-likeness (QED) is 0.773. The number of allylic oxidation sites excluding steroid dienone is 1. The lowest BCUT2D eigenvalue weighted by molar-refractivity contribution is -0.119. The normalized spacial score (nSPS) is 12.3. The summed E-state index contributed by atoms with van der Waals surface area (Å²) in [5.41, 5.74) is 1.95. The van der Waals surface area contributed by atoms with Crippen molar-refractivity contribution < 1.29 is 4.79 Å². The van der Waals surface area contributed by atoms with Crippen LogP contribution in [0.2, 0.25) is 0 Å². The second-order valence-electron chi connectivity index (χ2n) is 3.95. The Hall–Kier alpha value is -2.01. The average Bonchev–Trinajstić information content (AvgIpc) is 2.26. The molecule has 1 atom stereocenters. The maximum atomic E-state index is 10.8. The number of nitrogens with one attached hydrogen (secondary N) is 1. The van der Waals surface area contributed by atoms with Gasteiger partial charge in [-0.25, -0.2) is 0 Å². The van der Waals surface area contributed by atoms with Crippen LogP contribution >= 0.6 is 0 Å². The van der Waals surface area contributed by atoms with Gasteiger partial charge in [0.05, 0.1) is 0 Å². The minimum absolute atomic E-state index is 0.0116. The Morgan fingerprint density at radius 1 is 1.29 bits per heavy atom. The van der Waals surface area contributed by atoms with Gasteiger partial charge in [0.15, 0.2) is 0 Å². The second kappa shape index (κ2) is 6.55. The highest BCUT2D eigenvalue weighted by Gasteiger charge is 1.98. The summed E-state index contributed by atoms with van der Waals surface area (Å²) < 4.78 is 0. The molecular weight excluding hydrogens is 210 g/mol. The van der Waals surface area contributed by atoms with E-state index in [1.165, 1.54) is 6.92 Å². The van der Waals surface area contributed by atoms with E-state index in [1.54, 1.807) is 0 Å². The number of hydrogen-bond donors (Lipinski definition) is 1. The predicted molar refractivity (Wildman–Crippen MR) is 70.4 cm³/mol. The van der Waals surface area contributed by atoms with Crippen molar-refractivity contribution in [1.82, 2.24) is 5.32 Å². The largest absolute Gasteiger partial charge is 0.350 e. The number of carbonyl (C=O) groups excluding carboxylic acids is 1. The van der Waals surface area contributed by atoms with E-state index in [9.17, 15) is 4.79 Å². The third kappa shape index (κ3) is 5.58. The first kappa shape index (κ1) is 13.1. The zero-order valence-electron chi connectivity index (χ0n) is 10.4. The molecule has 0 aliphatic heterocycles. The van der Waals surface area contributed by atoms with E-state index in [0.29, 0.717) is 0 Å². The minimum Gasteiger partial charge on any atom is -0.350 e. The molecule has 0 radical (unpaired) electrons. The first-order valence-electron chi connectivity index (χ1n) is 5.60. The Kier molecular flexibility index (Phi) is 5.03. The fourth-order valence-corrected chi connectivity index (χ4v) is 1.47. The summed E-state index contributed by atoms with van der Waals surface area (Å²) >= 11 is 0. The summed E-state index contributed by atoms with van der Waals surface area (Å²) in [6, 6.07) is 9.84. The molecule has 1 aromatic carbocycles. The fourth-order valence-electron chi connectivity index (χ4n) is 1.47. The molecule has 0 aliphatic rings. The topological polar surface area (TPSA) is 29.1 Å².